The molecule has 0 spiro atoms. The van der Waals surface area contributed by atoms with E-state index in [1.165, 1.54) is 0 Å². The highest BCUT2D eigenvalue weighted by molar-refractivity contribution is 5.97. The van der Waals surface area contributed by atoms with E-state index in [0.717, 1.165) is 17.5 Å². The molecule has 120 valence electrons. The maximum atomic E-state index is 12.0. The highest BCUT2D eigenvalue weighted by atomic mass is 19.4. The summed E-state index contributed by atoms with van der Waals surface area (Å²) in [4.78, 5) is 23.2. The van der Waals surface area contributed by atoms with Crippen LogP contribution in [0.4, 0.5) is 13.2 Å². The maximum Gasteiger partial charge on any atom is 0.405 e. The average Bonchev–Trinajstić information content (AvgIpc) is 2.72. The summed E-state index contributed by atoms with van der Waals surface area (Å²) in [6.07, 6.45) is -4.27. The summed E-state index contributed by atoms with van der Waals surface area (Å²) in [6.45, 7) is 0.552. The topological polar surface area (TPSA) is 58.2 Å². The minimum absolute atomic E-state index is 0.180. The van der Waals surface area contributed by atoms with E-state index in [4.69, 9.17) is 0 Å². The van der Waals surface area contributed by atoms with E-state index >= 15 is 0 Å². The molecule has 0 fully saturated rings. The zero-order valence-corrected chi connectivity index (χ0v) is 12.0. The van der Waals surface area contributed by atoms with Crippen LogP contribution in [0.3, 0.4) is 0 Å². The van der Waals surface area contributed by atoms with Crippen molar-refractivity contribution in [3.05, 3.63) is 35.4 Å². The van der Waals surface area contributed by atoms with Gasteiger partial charge in [0, 0.05) is 0 Å². The summed E-state index contributed by atoms with van der Waals surface area (Å²) in [5.41, 5.74) is 2.14. The Morgan fingerprint density at radius 3 is 2.59 bits per heavy atom. The lowest BCUT2D eigenvalue weighted by atomic mass is 10.0. The number of hydrogen-bond acceptors (Lipinski definition) is 2. The molecule has 1 aliphatic carbocycles. The number of benzene rings is 1. The number of fused-ring (bicyclic) bond motifs is 1. The first-order valence-corrected chi connectivity index (χ1v) is 6.97. The minimum atomic E-state index is -4.48. The van der Waals surface area contributed by atoms with Crippen LogP contribution in [0.15, 0.2) is 24.3 Å². The molecule has 0 aliphatic heterocycles. The van der Waals surface area contributed by atoms with Gasteiger partial charge in [-0.15, -0.1) is 0 Å². The molecule has 2 unspecified atom stereocenters. The van der Waals surface area contributed by atoms with Crippen molar-refractivity contribution in [1.29, 1.82) is 0 Å². The van der Waals surface area contributed by atoms with Crippen LogP contribution in [0.1, 0.15) is 30.5 Å². The lowest BCUT2D eigenvalue weighted by Gasteiger charge is -2.18. The van der Waals surface area contributed by atoms with Gasteiger partial charge < -0.3 is 10.6 Å². The Kier molecular flexibility index (Phi) is 4.73. The monoisotopic (exact) mass is 314 g/mol. The highest BCUT2D eigenvalue weighted by Gasteiger charge is 2.31. The number of rotatable bonds is 4. The molecule has 2 amide bonds. The van der Waals surface area contributed by atoms with Crippen molar-refractivity contribution in [2.24, 2.45) is 5.92 Å². The largest absolute Gasteiger partial charge is 0.405 e. The minimum Gasteiger partial charge on any atom is -0.349 e. The zero-order valence-electron chi connectivity index (χ0n) is 12.0. The molecule has 22 heavy (non-hydrogen) atoms. The lowest BCUT2D eigenvalue weighted by molar-refractivity contribution is -0.141. The van der Waals surface area contributed by atoms with Crippen molar-refractivity contribution in [3.63, 3.8) is 0 Å². The van der Waals surface area contributed by atoms with Crippen LogP contribution in [-0.4, -0.2) is 24.5 Å². The van der Waals surface area contributed by atoms with Crippen molar-refractivity contribution in [1.82, 2.24) is 10.6 Å². The molecular formula is C15H17F3N2O2. The fourth-order valence-corrected chi connectivity index (χ4v) is 2.65. The first-order valence-electron chi connectivity index (χ1n) is 6.97. The summed E-state index contributed by atoms with van der Waals surface area (Å²) < 4.78 is 35.9. The van der Waals surface area contributed by atoms with Crippen molar-refractivity contribution in [2.45, 2.75) is 32.0 Å². The predicted octanol–water partition coefficient (Wildman–Crippen LogP) is 2.10. The Morgan fingerprint density at radius 2 is 1.91 bits per heavy atom. The predicted molar refractivity (Wildman–Crippen MR) is 73.9 cm³/mol. The molecule has 7 heteroatoms. The third kappa shape index (κ3) is 4.22. The van der Waals surface area contributed by atoms with Crippen LogP contribution in [-0.2, 0) is 16.0 Å². The SMILES string of the molecule is CC1Cc2ccccc2C1NC(=O)CC(=O)NCC(F)(F)F. The Labute approximate surface area is 126 Å². The molecule has 2 atom stereocenters. The van der Waals surface area contributed by atoms with Gasteiger partial charge in [0.05, 0.1) is 6.04 Å². The molecule has 1 aromatic carbocycles. The average molecular weight is 314 g/mol. The molecule has 2 rings (SSSR count). The van der Waals surface area contributed by atoms with E-state index in [9.17, 15) is 22.8 Å². The molecular weight excluding hydrogens is 297 g/mol. The van der Waals surface area contributed by atoms with Crippen LogP contribution >= 0.6 is 0 Å². The van der Waals surface area contributed by atoms with Crippen LogP contribution in [0.2, 0.25) is 0 Å². The number of carbonyl (C=O) groups is 2. The molecule has 0 radical (unpaired) electrons. The summed E-state index contributed by atoms with van der Waals surface area (Å²) >= 11 is 0. The van der Waals surface area contributed by atoms with Crippen molar-refractivity contribution >= 4 is 11.8 Å². The number of halogens is 3. The number of nitrogens with one attached hydrogen (secondary N) is 2. The first kappa shape index (κ1) is 16.3. The van der Waals surface area contributed by atoms with Gasteiger partial charge in [0.1, 0.15) is 13.0 Å². The zero-order chi connectivity index (χ0) is 16.3. The van der Waals surface area contributed by atoms with Crippen molar-refractivity contribution in [2.75, 3.05) is 6.54 Å². The van der Waals surface area contributed by atoms with E-state index in [1.54, 1.807) is 5.32 Å². The van der Waals surface area contributed by atoms with Gasteiger partial charge in [-0.2, -0.15) is 13.2 Å². The molecule has 0 heterocycles. The lowest BCUT2D eigenvalue weighted by Crippen LogP contribution is -2.38. The Bertz CT molecular complexity index is 572. The Balaban J connectivity index is 1.89. The van der Waals surface area contributed by atoms with E-state index in [0.29, 0.717) is 0 Å². The van der Waals surface area contributed by atoms with Gasteiger partial charge in [-0.1, -0.05) is 31.2 Å². The van der Waals surface area contributed by atoms with Gasteiger partial charge in [0.2, 0.25) is 11.8 Å². The molecule has 1 aliphatic rings. The van der Waals surface area contributed by atoms with E-state index in [2.05, 4.69) is 5.32 Å². The number of alkyl halides is 3. The van der Waals surface area contributed by atoms with Crippen LogP contribution < -0.4 is 10.6 Å². The van der Waals surface area contributed by atoms with Crippen molar-refractivity contribution in [3.8, 4) is 0 Å². The molecule has 1 aromatic rings. The first-order chi connectivity index (χ1) is 10.3. The number of carbonyl (C=O) groups excluding carboxylic acids is 2. The molecule has 0 bridgehead atoms. The second-order valence-electron chi connectivity index (χ2n) is 5.49. The van der Waals surface area contributed by atoms with E-state index < -0.39 is 31.0 Å². The third-order valence-corrected chi connectivity index (χ3v) is 3.62. The number of amides is 2. The normalized spacial score (nSPS) is 20.4. The molecule has 0 aromatic heterocycles. The van der Waals surface area contributed by atoms with Gasteiger partial charge in [-0.3, -0.25) is 9.59 Å². The summed E-state index contributed by atoms with van der Waals surface area (Å²) in [6, 6.07) is 7.47. The quantitative estimate of drug-likeness (QED) is 0.836. The Hall–Kier alpha value is -2.05. The fourth-order valence-electron chi connectivity index (χ4n) is 2.65. The van der Waals surface area contributed by atoms with E-state index in [-0.39, 0.29) is 12.0 Å². The fraction of sp³-hybridized carbons (Fsp3) is 0.467. The molecule has 0 saturated carbocycles. The van der Waals surface area contributed by atoms with Gasteiger partial charge >= 0.3 is 6.18 Å². The van der Waals surface area contributed by atoms with Crippen LogP contribution in [0, 0.1) is 5.92 Å². The second-order valence-corrected chi connectivity index (χ2v) is 5.49. The summed E-state index contributed by atoms with van der Waals surface area (Å²) in [7, 11) is 0. The summed E-state index contributed by atoms with van der Waals surface area (Å²) in [5.74, 6) is -1.33. The second kappa shape index (κ2) is 6.37. The molecule has 0 saturated heterocycles. The highest BCUT2D eigenvalue weighted by Crippen LogP contribution is 2.35. The molecule has 2 N–H and O–H groups in total. The molecule has 4 nitrogen and oxygen atoms in total. The standard InChI is InChI=1S/C15H17F3N2O2/c1-9-6-10-4-2-3-5-11(10)14(9)20-13(22)7-12(21)19-8-15(16,17)18/h2-5,9,14H,6-8H2,1H3,(H,19,21)(H,20,22). The van der Waals surface area contributed by atoms with Gasteiger partial charge in [0.15, 0.2) is 0 Å². The summed E-state index contributed by atoms with van der Waals surface area (Å²) in [5, 5.41) is 4.42. The van der Waals surface area contributed by atoms with Gasteiger partial charge in [-0.25, -0.2) is 0 Å². The third-order valence-electron chi connectivity index (χ3n) is 3.62. The Morgan fingerprint density at radius 1 is 1.23 bits per heavy atom. The maximum absolute atomic E-state index is 12.0. The van der Waals surface area contributed by atoms with E-state index in [1.807, 2.05) is 31.2 Å². The van der Waals surface area contributed by atoms with Gasteiger partial charge in [-0.05, 0) is 23.5 Å². The van der Waals surface area contributed by atoms with Gasteiger partial charge in [0.25, 0.3) is 0 Å². The van der Waals surface area contributed by atoms with Crippen LogP contribution in [0.5, 0.6) is 0 Å². The van der Waals surface area contributed by atoms with Crippen molar-refractivity contribution < 1.29 is 22.8 Å². The number of hydrogen-bond donors (Lipinski definition) is 2. The van der Waals surface area contributed by atoms with Crippen LogP contribution in [0.25, 0.3) is 0 Å². The smallest absolute Gasteiger partial charge is 0.349 e.